The molecule has 1 heterocycles. The van der Waals surface area contributed by atoms with E-state index < -0.39 is 15.9 Å². The number of benzene rings is 2. The van der Waals surface area contributed by atoms with Crippen LogP contribution in [0.25, 0.3) is 0 Å². The van der Waals surface area contributed by atoms with Gasteiger partial charge in [0.05, 0.1) is 41.5 Å². The van der Waals surface area contributed by atoms with Crippen molar-refractivity contribution in [2.24, 2.45) is 0 Å². The predicted octanol–water partition coefficient (Wildman–Crippen LogP) is 3.58. The summed E-state index contributed by atoms with van der Waals surface area (Å²) in [4.78, 5) is 12.8. The van der Waals surface area contributed by atoms with Crippen molar-refractivity contribution >= 4 is 44.8 Å². The Balaban J connectivity index is 1.92. The van der Waals surface area contributed by atoms with Crippen LogP contribution in [0.4, 0.5) is 5.69 Å². The maximum absolute atomic E-state index is 12.9. The average molecular weight is 459 g/mol. The van der Waals surface area contributed by atoms with E-state index in [0.717, 1.165) is 5.56 Å². The van der Waals surface area contributed by atoms with Gasteiger partial charge in [-0.15, -0.1) is 0 Å². The van der Waals surface area contributed by atoms with Gasteiger partial charge in [0.1, 0.15) is 5.75 Å². The number of anilines is 1. The molecule has 0 spiro atoms. The third-order valence-electron chi connectivity index (χ3n) is 4.52. The topological polar surface area (TPSA) is 84.9 Å². The van der Waals surface area contributed by atoms with Gasteiger partial charge in [0, 0.05) is 24.2 Å². The minimum atomic E-state index is -3.76. The minimum Gasteiger partial charge on any atom is -0.495 e. The number of hydrogen-bond acceptors (Lipinski definition) is 5. The van der Waals surface area contributed by atoms with Crippen molar-refractivity contribution in [1.29, 1.82) is 0 Å². The highest BCUT2D eigenvalue weighted by Gasteiger charge is 2.27. The summed E-state index contributed by atoms with van der Waals surface area (Å²) >= 11 is 12.3. The van der Waals surface area contributed by atoms with Crippen molar-refractivity contribution in [1.82, 2.24) is 4.31 Å². The number of halogens is 2. The minimum absolute atomic E-state index is 0.00629. The van der Waals surface area contributed by atoms with Gasteiger partial charge >= 0.3 is 0 Å². The third kappa shape index (κ3) is 4.67. The Morgan fingerprint density at radius 1 is 1.14 bits per heavy atom. The van der Waals surface area contributed by atoms with E-state index in [1.54, 1.807) is 19.1 Å². The highest BCUT2D eigenvalue weighted by atomic mass is 35.5. The number of aryl methyl sites for hydroxylation is 1. The number of amides is 1. The molecule has 1 N–H and O–H groups in total. The summed E-state index contributed by atoms with van der Waals surface area (Å²) in [6.07, 6.45) is 0. The van der Waals surface area contributed by atoms with E-state index in [2.05, 4.69) is 5.32 Å². The number of hydrogen-bond donors (Lipinski definition) is 1. The van der Waals surface area contributed by atoms with Gasteiger partial charge in [-0.25, -0.2) is 8.42 Å². The molecular weight excluding hydrogens is 439 g/mol. The Hall–Kier alpha value is -1.84. The SMILES string of the molecule is COc1cc(Cl)c(C)cc1NC(=O)c1cc(S(=O)(=O)N2CCOCC2)ccc1Cl. The highest BCUT2D eigenvalue weighted by molar-refractivity contribution is 7.89. The van der Waals surface area contributed by atoms with Gasteiger partial charge in [0.2, 0.25) is 10.0 Å². The summed E-state index contributed by atoms with van der Waals surface area (Å²) in [5.74, 6) is -0.184. The van der Waals surface area contributed by atoms with Gasteiger partial charge in [-0.3, -0.25) is 4.79 Å². The van der Waals surface area contributed by atoms with Gasteiger partial charge < -0.3 is 14.8 Å². The Labute approximate surface area is 179 Å². The molecule has 1 fully saturated rings. The number of morpholine rings is 1. The maximum atomic E-state index is 12.9. The van der Waals surface area contributed by atoms with Crippen molar-refractivity contribution < 1.29 is 22.7 Å². The Kier molecular flexibility index (Phi) is 6.70. The quantitative estimate of drug-likeness (QED) is 0.739. The molecule has 0 saturated carbocycles. The van der Waals surface area contributed by atoms with Gasteiger partial charge in [-0.1, -0.05) is 23.2 Å². The molecule has 7 nitrogen and oxygen atoms in total. The zero-order chi connectivity index (χ0) is 21.2. The van der Waals surface area contributed by atoms with E-state index in [9.17, 15) is 13.2 Å². The van der Waals surface area contributed by atoms with Crippen LogP contribution < -0.4 is 10.1 Å². The third-order valence-corrected chi connectivity index (χ3v) is 7.15. The molecule has 0 aliphatic carbocycles. The summed E-state index contributed by atoms with van der Waals surface area (Å²) in [7, 11) is -2.30. The molecule has 2 aromatic carbocycles. The molecule has 0 aromatic heterocycles. The number of nitrogens with zero attached hydrogens (tertiary/aromatic N) is 1. The zero-order valence-corrected chi connectivity index (χ0v) is 18.2. The fourth-order valence-electron chi connectivity index (χ4n) is 2.89. The molecule has 0 radical (unpaired) electrons. The second kappa shape index (κ2) is 8.89. The van der Waals surface area contributed by atoms with Crippen molar-refractivity contribution in [3.8, 4) is 5.75 Å². The summed E-state index contributed by atoms with van der Waals surface area (Å²) in [5, 5.41) is 3.34. The smallest absolute Gasteiger partial charge is 0.257 e. The number of methoxy groups -OCH3 is 1. The predicted molar refractivity (Wildman–Crippen MR) is 112 cm³/mol. The molecule has 3 rings (SSSR count). The fourth-order valence-corrected chi connectivity index (χ4v) is 4.69. The molecule has 10 heteroatoms. The van der Waals surface area contributed by atoms with Crippen LogP contribution in [0, 0.1) is 6.92 Å². The van der Waals surface area contributed by atoms with Crippen molar-refractivity contribution in [2.45, 2.75) is 11.8 Å². The number of nitrogens with one attached hydrogen (secondary N) is 1. The first-order chi connectivity index (χ1) is 13.7. The lowest BCUT2D eigenvalue weighted by atomic mass is 10.1. The molecule has 29 heavy (non-hydrogen) atoms. The van der Waals surface area contributed by atoms with Gasteiger partial charge in [0.25, 0.3) is 5.91 Å². The van der Waals surface area contributed by atoms with Gasteiger partial charge in [-0.05, 0) is 36.8 Å². The first kappa shape index (κ1) is 21.9. The Morgan fingerprint density at radius 2 is 1.83 bits per heavy atom. The highest BCUT2D eigenvalue weighted by Crippen LogP contribution is 2.32. The van der Waals surface area contributed by atoms with Crippen LogP contribution in [0.5, 0.6) is 5.75 Å². The summed E-state index contributed by atoms with van der Waals surface area (Å²) in [6, 6.07) is 7.32. The van der Waals surface area contributed by atoms with Crippen LogP contribution in [0.15, 0.2) is 35.2 Å². The van der Waals surface area contributed by atoms with E-state index in [4.69, 9.17) is 32.7 Å². The molecule has 1 saturated heterocycles. The number of carbonyl (C=O) groups is 1. The van der Waals surface area contributed by atoms with Crippen molar-refractivity contribution in [2.75, 3.05) is 38.7 Å². The second-order valence-electron chi connectivity index (χ2n) is 6.41. The number of carbonyl (C=O) groups excluding carboxylic acids is 1. The first-order valence-corrected chi connectivity index (χ1v) is 11.0. The Bertz CT molecular complexity index is 1040. The lowest BCUT2D eigenvalue weighted by molar-refractivity contribution is 0.0730. The molecule has 0 atom stereocenters. The number of sulfonamides is 1. The van der Waals surface area contributed by atoms with Gasteiger partial charge in [-0.2, -0.15) is 4.31 Å². The van der Waals surface area contributed by atoms with E-state index in [0.29, 0.717) is 29.7 Å². The molecule has 1 amide bonds. The number of rotatable bonds is 5. The summed E-state index contributed by atoms with van der Waals surface area (Å²) < 4.78 is 37.5. The normalized spacial score (nSPS) is 15.2. The Morgan fingerprint density at radius 3 is 2.48 bits per heavy atom. The molecule has 1 aliphatic heterocycles. The molecule has 2 aromatic rings. The van der Waals surface area contributed by atoms with Crippen LogP contribution in [-0.4, -0.2) is 52.0 Å². The largest absolute Gasteiger partial charge is 0.495 e. The van der Waals surface area contributed by atoms with Crippen LogP contribution in [0.3, 0.4) is 0 Å². The van der Waals surface area contributed by atoms with Crippen LogP contribution in [0.2, 0.25) is 10.0 Å². The molecular formula is C19H20Cl2N2O5S. The average Bonchev–Trinajstić information content (AvgIpc) is 2.71. The first-order valence-electron chi connectivity index (χ1n) is 8.77. The van der Waals surface area contributed by atoms with Crippen LogP contribution in [0.1, 0.15) is 15.9 Å². The summed E-state index contributed by atoms with van der Waals surface area (Å²) in [6.45, 7) is 2.97. The van der Waals surface area contributed by atoms with Crippen LogP contribution >= 0.6 is 23.2 Å². The zero-order valence-electron chi connectivity index (χ0n) is 15.9. The fraction of sp³-hybridized carbons (Fsp3) is 0.316. The monoisotopic (exact) mass is 458 g/mol. The maximum Gasteiger partial charge on any atom is 0.257 e. The lowest BCUT2D eigenvalue weighted by Crippen LogP contribution is -2.40. The standard InChI is InChI=1S/C19H20Cl2N2O5S/c1-12-9-17(18(27-2)11-16(12)21)22-19(24)14-10-13(3-4-15(14)20)29(25,26)23-5-7-28-8-6-23/h3-4,9-11H,5-8H2,1-2H3,(H,22,24). The van der Waals surface area contributed by atoms with E-state index in [1.165, 1.54) is 29.6 Å². The molecule has 0 bridgehead atoms. The van der Waals surface area contributed by atoms with Crippen molar-refractivity contribution in [3.05, 3.63) is 51.5 Å². The van der Waals surface area contributed by atoms with E-state index in [-0.39, 0.29) is 28.6 Å². The molecule has 0 unspecified atom stereocenters. The summed E-state index contributed by atoms with van der Waals surface area (Å²) in [5.41, 5.74) is 1.19. The van der Waals surface area contributed by atoms with Crippen molar-refractivity contribution in [3.63, 3.8) is 0 Å². The number of ether oxygens (including phenoxy) is 2. The van der Waals surface area contributed by atoms with E-state index in [1.807, 2.05) is 0 Å². The van der Waals surface area contributed by atoms with Crippen LogP contribution in [-0.2, 0) is 14.8 Å². The molecule has 156 valence electrons. The lowest BCUT2D eigenvalue weighted by Gasteiger charge is -2.26. The van der Waals surface area contributed by atoms with Gasteiger partial charge in [0.15, 0.2) is 0 Å². The van der Waals surface area contributed by atoms with E-state index >= 15 is 0 Å². The second-order valence-corrected chi connectivity index (χ2v) is 9.17. The molecule has 1 aliphatic rings.